The van der Waals surface area contributed by atoms with Crippen LogP contribution in [0.1, 0.15) is 29.9 Å². The van der Waals surface area contributed by atoms with Crippen LogP contribution in [0.4, 0.5) is 13.2 Å². The molecule has 3 unspecified atom stereocenters. The minimum Gasteiger partial charge on any atom is -0.341 e. The maximum atomic E-state index is 13.1. The zero-order chi connectivity index (χ0) is 15.9. The predicted molar refractivity (Wildman–Crippen MR) is 76.3 cm³/mol. The van der Waals surface area contributed by atoms with Crippen LogP contribution < -0.4 is 5.32 Å². The van der Waals surface area contributed by atoms with Crippen LogP contribution in [-0.4, -0.2) is 37.0 Å². The Bertz CT molecular complexity index is 567. The number of hydrogen-bond donors (Lipinski definition) is 1. The molecule has 1 saturated carbocycles. The molecule has 1 saturated heterocycles. The van der Waals surface area contributed by atoms with Gasteiger partial charge >= 0.3 is 6.18 Å². The van der Waals surface area contributed by atoms with Crippen molar-refractivity contribution in [1.82, 2.24) is 10.2 Å². The van der Waals surface area contributed by atoms with E-state index in [-0.39, 0.29) is 29.3 Å². The molecule has 0 radical (unpaired) electrons. The molecule has 0 bridgehead atoms. The Morgan fingerprint density at radius 1 is 1.32 bits per heavy atom. The van der Waals surface area contributed by atoms with Gasteiger partial charge in [0, 0.05) is 25.6 Å². The van der Waals surface area contributed by atoms with Gasteiger partial charge in [0.2, 0.25) is 5.91 Å². The zero-order valence-corrected chi connectivity index (χ0v) is 12.4. The number of hydrogen-bond acceptors (Lipinski definition) is 2. The SMILES string of the molecule is CN(C(=O)C1CC1c1ccccc1C(F)(F)F)C1CCNC1. The Morgan fingerprint density at radius 3 is 2.68 bits per heavy atom. The molecule has 120 valence electrons. The molecule has 1 amide bonds. The first kappa shape index (κ1) is 15.3. The van der Waals surface area contributed by atoms with Crippen LogP contribution in [0.5, 0.6) is 0 Å². The lowest BCUT2D eigenvalue weighted by Gasteiger charge is -2.24. The topological polar surface area (TPSA) is 32.3 Å². The molecule has 3 atom stereocenters. The van der Waals surface area contributed by atoms with Crippen molar-refractivity contribution < 1.29 is 18.0 Å². The fourth-order valence-electron chi connectivity index (χ4n) is 3.30. The van der Waals surface area contributed by atoms with Crippen molar-refractivity contribution in [2.24, 2.45) is 5.92 Å². The van der Waals surface area contributed by atoms with Gasteiger partial charge in [-0.15, -0.1) is 0 Å². The van der Waals surface area contributed by atoms with E-state index >= 15 is 0 Å². The van der Waals surface area contributed by atoms with E-state index in [4.69, 9.17) is 0 Å². The molecule has 1 aromatic rings. The monoisotopic (exact) mass is 312 g/mol. The fraction of sp³-hybridized carbons (Fsp3) is 0.562. The Morgan fingerprint density at radius 2 is 2.05 bits per heavy atom. The third kappa shape index (κ3) is 2.84. The number of likely N-dealkylation sites (N-methyl/N-ethyl adjacent to an activating group) is 1. The highest BCUT2D eigenvalue weighted by molar-refractivity contribution is 5.83. The highest BCUT2D eigenvalue weighted by Gasteiger charge is 2.49. The average Bonchev–Trinajstić information content (AvgIpc) is 3.09. The van der Waals surface area contributed by atoms with Crippen molar-refractivity contribution in [3.8, 4) is 0 Å². The van der Waals surface area contributed by atoms with Gasteiger partial charge in [-0.2, -0.15) is 13.2 Å². The number of nitrogens with one attached hydrogen (secondary N) is 1. The Labute approximate surface area is 127 Å². The summed E-state index contributed by atoms with van der Waals surface area (Å²) < 4.78 is 39.2. The van der Waals surface area contributed by atoms with Gasteiger partial charge in [0.15, 0.2) is 0 Å². The van der Waals surface area contributed by atoms with Crippen LogP contribution in [0.3, 0.4) is 0 Å². The molecule has 3 rings (SSSR count). The van der Waals surface area contributed by atoms with Gasteiger partial charge in [-0.25, -0.2) is 0 Å². The van der Waals surface area contributed by atoms with Crippen molar-refractivity contribution in [3.63, 3.8) is 0 Å². The molecule has 1 aliphatic heterocycles. The van der Waals surface area contributed by atoms with E-state index in [0.717, 1.165) is 25.6 Å². The van der Waals surface area contributed by atoms with Gasteiger partial charge in [0.1, 0.15) is 0 Å². The first-order chi connectivity index (χ1) is 10.4. The van der Waals surface area contributed by atoms with Crippen molar-refractivity contribution in [1.29, 1.82) is 0 Å². The number of alkyl halides is 3. The van der Waals surface area contributed by atoms with E-state index in [2.05, 4.69) is 5.32 Å². The molecular formula is C16H19F3N2O. The number of amides is 1. The number of halogens is 3. The number of benzene rings is 1. The van der Waals surface area contributed by atoms with Gasteiger partial charge in [0.25, 0.3) is 0 Å². The van der Waals surface area contributed by atoms with Crippen molar-refractivity contribution in [3.05, 3.63) is 35.4 Å². The largest absolute Gasteiger partial charge is 0.416 e. The Balaban J connectivity index is 1.73. The van der Waals surface area contributed by atoms with E-state index < -0.39 is 11.7 Å². The van der Waals surface area contributed by atoms with Gasteiger partial charge in [-0.3, -0.25) is 4.79 Å². The third-order valence-corrected chi connectivity index (χ3v) is 4.70. The highest BCUT2D eigenvalue weighted by Crippen LogP contribution is 2.51. The lowest BCUT2D eigenvalue weighted by atomic mass is 10.0. The summed E-state index contributed by atoms with van der Waals surface area (Å²) >= 11 is 0. The lowest BCUT2D eigenvalue weighted by molar-refractivity contribution is -0.138. The maximum absolute atomic E-state index is 13.1. The summed E-state index contributed by atoms with van der Waals surface area (Å²) in [7, 11) is 1.76. The summed E-state index contributed by atoms with van der Waals surface area (Å²) in [6.07, 6.45) is -2.96. The van der Waals surface area contributed by atoms with E-state index in [0.29, 0.717) is 6.42 Å². The summed E-state index contributed by atoms with van der Waals surface area (Å²) in [4.78, 5) is 14.2. The molecule has 0 spiro atoms. The second kappa shape index (κ2) is 5.57. The van der Waals surface area contributed by atoms with Crippen LogP contribution in [-0.2, 0) is 11.0 Å². The average molecular weight is 312 g/mol. The maximum Gasteiger partial charge on any atom is 0.416 e. The standard InChI is InChI=1S/C16H19F3N2O/c1-21(10-6-7-20-9-10)15(22)13-8-12(13)11-4-2-3-5-14(11)16(17,18)19/h2-5,10,12-13,20H,6-9H2,1H3. The molecule has 6 heteroatoms. The highest BCUT2D eigenvalue weighted by atomic mass is 19.4. The summed E-state index contributed by atoms with van der Waals surface area (Å²) in [5.41, 5.74) is -0.355. The van der Waals surface area contributed by atoms with Crippen molar-refractivity contribution >= 4 is 5.91 Å². The summed E-state index contributed by atoms with van der Waals surface area (Å²) in [5, 5.41) is 3.20. The first-order valence-electron chi connectivity index (χ1n) is 7.53. The van der Waals surface area contributed by atoms with E-state index in [1.54, 1.807) is 18.0 Å². The number of carbonyl (C=O) groups excluding carboxylic acids is 1. The molecule has 1 aromatic carbocycles. The van der Waals surface area contributed by atoms with Gasteiger partial charge < -0.3 is 10.2 Å². The molecule has 1 aliphatic carbocycles. The van der Waals surface area contributed by atoms with E-state index in [1.807, 2.05) is 0 Å². The van der Waals surface area contributed by atoms with Crippen molar-refractivity contribution in [2.45, 2.75) is 31.0 Å². The van der Waals surface area contributed by atoms with E-state index in [1.165, 1.54) is 12.1 Å². The second-order valence-corrected chi connectivity index (χ2v) is 6.13. The lowest BCUT2D eigenvalue weighted by Crippen LogP contribution is -2.39. The molecule has 1 N–H and O–H groups in total. The summed E-state index contributed by atoms with van der Waals surface area (Å²) in [5.74, 6) is -0.646. The Kier molecular flexibility index (Phi) is 3.89. The minimum absolute atomic E-state index is 0.0318. The number of carbonyl (C=O) groups is 1. The normalized spacial score (nSPS) is 27.7. The molecule has 1 heterocycles. The van der Waals surface area contributed by atoms with Crippen molar-refractivity contribution in [2.75, 3.05) is 20.1 Å². The quantitative estimate of drug-likeness (QED) is 0.930. The first-order valence-corrected chi connectivity index (χ1v) is 7.53. The summed E-state index contributed by atoms with van der Waals surface area (Å²) in [6.45, 7) is 1.64. The zero-order valence-electron chi connectivity index (χ0n) is 12.4. The van der Waals surface area contributed by atoms with Crippen LogP contribution in [0.25, 0.3) is 0 Å². The smallest absolute Gasteiger partial charge is 0.341 e. The van der Waals surface area contributed by atoms with E-state index in [9.17, 15) is 18.0 Å². The van der Waals surface area contributed by atoms with Crippen LogP contribution >= 0.6 is 0 Å². The van der Waals surface area contributed by atoms with Gasteiger partial charge in [-0.1, -0.05) is 18.2 Å². The van der Waals surface area contributed by atoms with Gasteiger partial charge in [-0.05, 0) is 36.9 Å². The second-order valence-electron chi connectivity index (χ2n) is 6.13. The number of rotatable bonds is 3. The molecule has 2 aliphatic rings. The van der Waals surface area contributed by atoms with Gasteiger partial charge in [0.05, 0.1) is 5.56 Å². The van der Waals surface area contributed by atoms with Crippen LogP contribution in [0.15, 0.2) is 24.3 Å². The van der Waals surface area contributed by atoms with Crippen LogP contribution in [0, 0.1) is 5.92 Å². The number of nitrogens with zero attached hydrogens (tertiary/aromatic N) is 1. The molecule has 22 heavy (non-hydrogen) atoms. The predicted octanol–water partition coefficient (Wildman–Crippen LogP) is 2.63. The minimum atomic E-state index is -4.37. The van der Waals surface area contributed by atoms with Crippen LogP contribution in [0.2, 0.25) is 0 Å². The fourth-order valence-corrected chi connectivity index (χ4v) is 3.30. The molecule has 2 fully saturated rings. The molecular weight excluding hydrogens is 293 g/mol. The summed E-state index contributed by atoms with van der Waals surface area (Å²) in [6, 6.07) is 5.75. The Hall–Kier alpha value is -1.56. The molecule has 3 nitrogen and oxygen atoms in total. The third-order valence-electron chi connectivity index (χ3n) is 4.70. The molecule has 0 aromatic heterocycles.